The summed E-state index contributed by atoms with van der Waals surface area (Å²) in [6.45, 7) is 5.92. The summed E-state index contributed by atoms with van der Waals surface area (Å²) in [5, 5.41) is 10.0. The first-order valence-corrected chi connectivity index (χ1v) is 5.28. The minimum absolute atomic E-state index is 0.0451. The second-order valence-corrected chi connectivity index (χ2v) is 4.94. The highest BCUT2D eigenvalue weighted by atomic mass is 16.2. The average Bonchev–Trinajstić information content (AvgIpc) is 2.70. The Bertz CT molecular complexity index is 453. The van der Waals surface area contributed by atoms with E-state index in [2.05, 4.69) is 10.2 Å². The summed E-state index contributed by atoms with van der Waals surface area (Å²) in [5.74, 6) is 0.0451. The maximum absolute atomic E-state index is 11.8. The average molecular weight is 220 g/mol. The van der Waals surface area contributed by atoms with Crippen molar-refractivity contribution in [3.8, 4) is 0 Å². The number of nitrogens with zero attached hydrogens (tertiary/aromatic N) is 4. The molecule has 0 N–H and O–H groups in total. The van der Waals surface area contributed by atoms with E-state index in [9.17, 15) is 4.79 Å². The molecule has 0 saturated carbocycles. The molecule has 1 aromatic heterocycles. The van der Waals surface area contributed by atoms with Gasteiger partial charge in [-0.2, -0.15) is 10.2 Å². The Kier molecular flexibility index (Phi) is 2.33. The second-order valence-electron chi connectivity index (χ2n) is 4.94. The number of amides is 1. The van der Waals surface area contributed by atoms with Crippen LogP contribution < -0.4 is 0 Å². The predicted octanol–water partition coefficient (Wildman–Crippen LogP) is 1.16. The normalized spacial score (nSPS) is 16.9. The number of aromatic nitrogens is 2. The molecule has 5 nitrogen and oxygen atoms in total. The monoisotopic (exact) mass is 220 g/mol. The number of hydrogen-bond donors (Lipinski definition) is 0. The molecule has 0 saturated heterocycles. The first kappa shape index (κ1) is 10.9. The van der Waals surface area contributed by atoms with Crippen LogP contribution in [0.4, 0.5) is 0 Å². The van der Waals surface area contributed by atoms with Gasteiger partial charge in [0.2, 0.25) is 5.91 Å². The van der Waals surface area contributed by atoms with Gasteiger partial charge in [-0.15, -0.1) is 0 Å². The van der Waals surface area contributed by atoms with Gasteiger partial charge >= 0.3 is 0 Å². The van der Waals surface area contributed by atoms with E-state index < -0.39 is 0 Å². The SMILES string of the molecule is Cn1nccc1C1=NN(C(C)(C)C)C(=O)C1. The smallest absolute Gasteiger partial charge is 0.249 e. The Morgan fingerprint density at radius 1 is 1.38 bits per heavy atom. The molecular formula is C11H16N4O. The van der Waals surface area contributed by atoms with Crippen molar-refractivity contribution in [2.24, 2.45) is 12.1 Å². The number of rotatable bonds is 1. The minimum Gasteiger partial charge on any atom is -0.272 e. The molecule has 0 spiro atoms. The van der Waals surface area contributed by atoms with Gasteiger partial charge in [0, 0.05) is 13.2 Å². The van der Waals surface area contributed by atoms with Crippen LogP contribution in [0.15, 0.2) is 17.4 Å². The van der Waals surface area contributed by atoms with Crippen molar-refractivity contribution in [1.29, 1.82) is 0 Å². The molecule has 0 aliphatic carbocycles. The summed E-state index contributed by atoms with van der Waals surface area (Å²) in [6.07, 6.45) is 2.07. The van der Waals surface area contributed by atoms with Crippen LogP contribution in [0.1, 0.15) is 32.9 Å². The molecule has 0 bridgehead atoms. The van der Waals surface area contributed by atoms with E-state index in [1.165, 1.54) is 0 Å². The van der Waals surface area contributed by atoms with Crippen LogP contribution in [0.3, 0.4) is 0 Å². The molecule has 2 rings (SSSR count). The van der Waals surface area contributed by atoms with Gasteiger partial charge in [0.1, 0.15) is 0 Å². The van der Waals surface area contributed by atoms with Gasteiger partial charge in [0.15, 0.2) is 0 Å². The number of aryl methyl sites for hydroxylation is 1. The van der Waals surface area contributed by atoms with Crippen LogP contribution in [0.25, 0.3) is 0 Å². The maximum atomic E-state index is 11.8. The first-order valence-electron chi connectivity index (χ1n) is 5.28. The lowest BCUT2D eigenvalue weighted by Gasteiger charge is -2.27. The third-order valence-electron chi connectivity index (χ3n) is 2.53. The van der Waals surface area contributed by atoms with E-state index in [0.717, 1.165) is 11.4 Å². The Morgan fingerprint density at radius 2 is 2.06 bits per heavy atom. The van der Waals surface area contributed by atoms with Crippen LogP contribution in [0, 0.1) is 0 Å². The number of carbonyl (C=O) groups is 1. The highest BCUT2D eigenvalue weighted by Gasteiger charge is 2.33. The van der Waals surface area contributed by atoms with Gasteiger partial charge in [-0.3, -0.25) is 9.48 Å². The van der Waals surface area contributed by atoms with Crippen molar-refractivity contribution < 1.29 is 4.79 Å². The Balaban J connectivity index is 2.34. The highest BCUT2D eigenvalue weighted by molar-refractivity contribution is 6.12. The van der Waals surface area contributed by atoms with E-state index in [1.54, 1.807) is 15.9 Å². The summed E-state index contributed by atoms with van der Waals surface area (Å²) in [4.78, 5) is 11.8. The van der Waals surface area contributed by atoms with Gasteiger partial charge in [0.05, 0.1) is 23.4 Å². The Labute approximate surface area is 94.7 Å². The molecule has 0 aromatic carbocycles. The van der Waals surface area contributed by atoms with Gasteiger partial charge in [-0.1, -0.05) is 0 Å². The largest absolute Gasteiger partial charge is 0.272 e. The lowest BCUT2D eigenvalue weighted by atomic mass is 10.1. The molecule has 5 heteroatoms. The lowest BCUT2D eigenvalue weighted by molar-refractivity contribution is -0.133. The van der Waals surface area contributed by atoms with Crippen molar-refractivity contribution in [3.63, 3.8) is 0 Å². The van der Waals surface area contributed by atoms with E-state index in [-0.39, 0.29) is 11.4 Å². The van der Waals surface area contributed by atoms with Crippen LogP contribution in [0.5, 0.6) is 0 Å². The molecule has 1 aliphatic rings. The summed E-state index contributed by atoms with van der Waals surface area (Å²) >= 11 is 0. The third-order valence-corrected chi connectivity index (χ3v) is 2.53. The van der Waals surface area contributed by atoms with Crippen LogP contribution >= 0.6 is 0 Å². The zero-order valence-corrected chi connectivity index (χ0v) is 10.1. The predicted molar refractivity (Wildman–Crippen MR) is 61.0 cm³/mol. The molecule has 0 fully saturated rings. The van der Waals surface area contributed by atoms with Gasteiger partial charge in [0.25, 0.3) is 0 Å². The second kappa shape index (κ2) is 3.43. The maximum Gasteiger partial charge on any atom is 0.249 e. The summed E-state index contributed by atoms with van der Waals surface area (Å²) < 4.78 is 1.73. The number of hydrogen-bond acceptors (Lipinski definition) is 3. The molecule has 0 unspecified atom stereocenters. The fraction of sp³-hybridized carbons (Fsp3) is 0.545. The first-order chi connectivity index (χ1) is 7.39. The minimum atomic E-state index is -0.266. The lowest BCUT2D eigenvalue weighted by Crippen LogP contribution is -2.38. The van der Waals surface area contributed by atoms with E-state index in [0.29, 0.717) is 6.42 Å². The van der Waals surface area contributed by atoms with Crippen LogP contribution in [-0.4, -0.2) is 31.9 Å². The van der Waals surface area contributed by atoms with E-state index in [1.807, 2.05) is 33.9 Å². The van der Waals surface area contributed by atoms with Gasteiger partial charge in [-0.25, -0.2) is 5.01 Å². The molecule has 16 heavy (non-hydrogen) atoms. The molecule has 86 valence electrons. The standard InChI is InChI=1S/C11H16N4O/c1-11(2,3)15-10(16)7-8(13-15)9-5-6-12-14(9)4/h5-6H,7H2,1-4H3. The van der Waals surface area contributed by atoms with E-state index in [4.69, 9.17) is 0 Å². The summed E-state index contributed by atoms with van der Waals surface area (Å²) in [5.41, 5.74) is 1.43. The van der Waals surface area contributed by atoms with Crippen molar-refractivity contribution in [1.82, 2.24) is 14.8 Å². The quantitative estimate of drug-likeness (QED) is 0.713. The zero-order chi connectivity index (χ0) is 11.9. The Morgan fingerprint density at radius 3 is 2.50 bits per heavy atom. The number of carbonyl (C=O) groups excluding carboxylic acids is 1. The number of hydrazone groups is 1. The van der Waals surface area contributed by atoms with Crippen molar-refractivity contribution in [3.05, 3.63) is 18.0 Å². The van der Waals surface area contributed by atoms with E-state index >= 15 is 0 Å². The third kappa shape index (κ3) is 1.73. The molecule has 1 aliphatic heterocycles. The highest BCUT2D eigenvalue weighted by Crippen LogP contribution is 2.22. The summed E-state index contributed by atoms with van der Waals surface area (Å²) in [7, 11) is 1.85. The molecular weight excluding hydrogens is 204 g/mol. The van der Waals surface area contributed by atoms with Gasteiger partial charge in [-0.05, 0) is 26.8 Å². The molecule has 2 heterocycles. The van der Waals surface area contributed by atoms with Crippen molar-refractivity contribution in [2.45, 2.75) is 32.7 Å². The molecule has 0 atom stereocenters. The fourth-order valence-corrected chi connectivity index (χ4v) is 1.75. The van der Waals surface area contributed by atoms with Gasteiger partial charge < -0.3 is 0 Å². The summed E-state index contributed by atoms with van der Waals surface area (Å²) in [6, 6.07) is 1.87. The molecule has 1 amide bonds. The van der Waals surface area contributed by atoms with Crippen LogP contribution in [-0.2, 0) is 11.8 Å². The van der Waals surface area contributed by atoms with Crippen LogP contribution in [0.2, 0.25) is 0 Å². The topological polar surface area (TPSA) is 50.5 Å². The fourth-order valence-electron chi connectivity index (χ4n) is 1.75. The zero-order valence-electron chi connectivity index (χ0n) is 10.1. The van der Waals surface area contributed by atoms with Crippen molar-refractivity contribution >= 4 is 11.6 Å². The molecule has 0 radical (unpaired) electrons. The molecule has 1 aromatic rings. The Hall–Kier alpha value is -1.65. The van der Waals surface area contributed by atoms with Crippen molar-refractivity contribution in [2.75, 3.05) is 0 Å².